The molecule has 1 aromatic carbocycles. The molecular formula is C18H13N3O3S2. The van der Waals surface area contributed by atoms with Crippen molar-refractivity contribution < 1.29 is 14.3 Å². The molecule has 3 aromatic heterocycles. The van der Waals surface area contributed by atoms with Gasteiger partial charge in [0.05, 0.1) is 29.3 Å². The Morgan fingerprint density at radius 1 is 1.23 bits per heavy atom. The number of nitrogens with two attached hydrogens (primary N) is 1. The first kappa shape index (κ1) is 16.6. The highest BCUT2D eigenvalue weighted by atomic mass is 32.2. The van der Waals surface area contributed by atoms with Gasteiger partial charge in [-0.2, -0.15) is 0 Å². The van der Waals surface area contributed by atoms with E-state index in [1.54, 1.807) is 18.6 Å². The smallest absolute Gasteiger partial charge is 0.348 e. The van der Waals surface area contributed by atoms with E-state index in [9.17, 15) is 9.90 Å². The molecule has 8 heteroatoms. The van der Waals surface area contributed by atoms with E-state index in [1.807, 2.05) is 30.3 Å². The highest BCUT2D eigenvalue weighted by Gasteiger charge is 2.22. The van der Waals surface area contributed by atoms with Crippen LogP contribution in [0.3, 0.4) is 0 Å². The number of furan rings is 1. The molecule has 26 heavy (non-hydrogen) atoms. The lowest BCUT2D eigenvalue weighted by molar-refractivity contribution is 0.0703. The number of thiophene rings is 1. The Hall–Kier alpha value is -2.84. The normalized spacial score (nSPS) is 11.1. The van der Waals surface area contributed by atoms with Crippen LogP contribution in [0, 0.1) is 0 Å². The fourth-order valence-electron chi connectivity index (χ4n) is 2.56. The lowest BCUT2D eigenvalue weighted by Crippen LogP contribution is -1.98. The highest BCUT2D eigenvalue weighted by molar-refractivity contribution is 7.98. The largest absolute Gasteiger partial charge is 0.477 e. The molecule has 0 atom stereocenters. The fourth-order valence-corrected chi connectivity index (χ4v) is 4.35. The van der Waals surface area contributed by atoms with Crippen molar-refractivity contribution in [3.8, 4) is 11.3 Å². The molecule has 0 unspecified atom stereocenters. The number of carbonyl (C=O) groups is 1. The zero-order valence-corrected chi connectivity index (χ0v) is 15.0. The Morgan fingerprint density at radius 3 is 2.73 bits per heavy atom. The van der Waals surface area contributed by atoms with Gasteiger partial charge in [0, 0.05) is 11.3 Å². The van der Waals surface area contributed by atoms with Crippen LogP contribution in [0.2, 0.25) is 0 Å². The van der Waals surface area contributed by atoms with Gasteiger partial charge in [-0.1, -0.05) is 42.1 Å². The molecular weight excluding hydrogens is 370 g/mol. The number of benzene rings is 1. The van der Waals surface area contributed by atoms with Gasteiger partial charge in [0.25, 0.3) is 0 Å². The number of fused-ring (bicyclic) bond motifs is 1. The molecule has 0 aliphatic rings. The molecule has 0 saturated heterocycles. The van der Waals surface area contributed by atoms with Crippen LogP contribution in [0.1, 0.15) is 15.2 Å². The number of nitrogens with zero attached hydrogens (tertiary/aromatic N) is 2. The summed E-state index contributed by atoms with van der Waals surface area (Å²) in [7, 11) is 0. The summed E-state index contributed by atoms with van der Waals surface area (Å²) in [6.45, 7) is 0. The SMILES string of the molecule is Nc1c(C(=O)O)sc2nc(SCc3ccccc3)nc(-c3ccoc3)c12. The predicted molar refractivity (Wildman–Crippen MR) is 102 cm³/mol. The number of anilines is 1. The van der Waals surface area contributed by atoms with E-state index < -0.39 is 5.97 Å². The summed E-state index contributed by atoms with van der Waals surface area (Å²) < 4.78 is 5.16. The number of hydrogen-bond acceptors (Lipinski definition) is 7. The van der Waals surface area contributed by atoms with Crippen LogP contribution < -0.4 is 5.73 Å². The number of aromatic nitrogens is 2. The summed E-state index contributed by atoms with van der Waals surface area (Å²) >= 11 is 2.55. The van der Waals surface area contributed by atoms with E-state index in [4.69, 9.17) is 10.2 Å². The van der Waals surface area contributed by atoms with Crippen molar-refractivity contribution in [2.45, 2.75) is 10.9 Å². The van der Waals surface area contributed by atoms with Gasteiger partial charge in [0.1, 0.15) is 9.71 Å². The Kier molecular flexibility index (Phi) is 4.36. The van der Waals surface area contributed by atoms with Crippen LogP contribution in [-0.4, -0.2) is 21.0 Å². The average molecular weight is 383 g/mol. The van der Waals surface area contributed by atoms with Gasteiger partial charge in [-0.15, -0.1) is 11.3 Å². The molecule has 0 bridgehead atoms. The molecule has 3 N–H and O–H groups in total. The lowest BCUT2D eigenvalue weighted by atomic mass is 10.1. The maximum absolute atomic E-state index is 11.4. The lowest BCUT2D eigenvalue weighted by Gasteiger charge is -2.05. The average Bonchev–Trinajstić information content (AvgIpc) is 3.29. The van der Waals surface area contributed by atoms with Crippen molar-refractivity contribution >= 4 is 45.0 Å². The number of hydrogen-bond donors (Lipinski definition) is 2. The molecule has 0 amide bonds. The summed E-state index contributed by atoms with van der Waals surface area (Å²) in [5.74, 6) is -0.355. The Labute approximate surface area is 156 Å². The maximum Gasteiger partial charge on any atom is 0.348 e. The molecule has 0 radical (unpaired) electrons. The van der Waals surface area contributed by atoms with Crippen molar-refractivity contribution in [3.05, 3.63) is 59.4 Å². The molecule has 4 aromatic rings. The van der Waals surface area contributed by atoms with Crippen molar-refractivity contribution in [3.63, 3.8) is 0 Å². The third kappa shape index (κ3) is 3.04. The van der Waals surface area contributed by atoms with Crippen LogP contribution >= 0.6 is 23.1 Å². The number of nitrogen functional groups attached to an aromatic ring is 1. The molecule has 0 spiro atoms. The van der Waals surface area contributed by atoms with Gasteiger partial charge < -0.3 is 15.3 Å². The number of aromatic carboxylic acids is 1. The van der Waals surface area contributed by atoms with Crippen LogP contribution in [0.25, 0.3) is 21.5 Å². The molecule has 130 valence electrons. The first-order valence-corrected chi connectivity index (χ1v) is 9.46. The van der Waals surface area contributed by atoms with Gasteiger partial charge in [-0.05, 0) is 11.6 Å². The van der Waals surface area contributed by atoms with Crippen molar-refractivity contribution in [1.82, 2.24) is 9.97 Å². The van der Waals surface area contributed by atoms with E-state index in [0.29, 0.717) is 26.8 Å². The highest BCUT2D eigenvalue weighted by Crippen LogP contribution is 2.39. The summed E-state index contributed by atoms with van der Waals surface area (Å²) in [5, 5.41) is 10.5. The van der Waals surface area contributed by atoms with Crippen molar-refractivity contribution in [2.75, 3.05) is 5.73 Å². The fraction of sp³-hybridized carbons (Fsp3) is 0.0556. The molecule has 3 heterocycles. The van der Waals surface area contributed by atoms with Crippen molar-refractivity contribution in [1.29, 1.82) is 0 Å². The first-order valence-electron chi connectivity index (χ1n) is 7.66. The monoisotopic (exact) mass is 383 g/mol. The van der Waals surface area contributed by atoms with E-state index in [0.717, 1.165) is 22.5 Å². The zero-order valence-electron chi connectivity index (χ0n) is 13.4. The van der Waals surface area contributed by atoms with E-state index in [-0.39, 0.29) is 10.6 Å². The summed E-state index contributed by atoms with van der Waals surface area (Å²) in [5.41, 5.74) is 8.74. The number of thioether (sulfide) groups is 1. The van der Waals surface area contributed by atoms with Gasteiger partial charge in [0.2, 0.25) is 0 Å². The standard InChI is InChI=1S/C18H13N3O3S2/c19-13-12-14(11-6-7-24-8-11)20-18(21-16(12)26-15(13)17(22)23)25-9-10-4-2-1-3-5-10/h1-8H,9,19H2,(H,22,23). The Morgan fingerprint density at radius 2 is 2.04 bits per heavy atom. The van der Waals surface area contributed by atoms with Gasteiger partial charge in [-0.3, -0.25) is 0 Å². The Bertz CT molecular complexity index is 1080. The number of carboxylic acids is 1. The van der Waals surface area contributed by atoms with Crippen molar-refractivity contribution in [2.24, 2.45) is 0 Å². The predicted octanol–water partition coefficient (Wildman–Crippen LogP) is 4.52. The van der Waals surface area contributed by atoms with Gasteiger partial charge in [0.15, 0.2) is 5.16 Å². The summed E-state index contributed by atoms with van der Waals surface area (Å²) in [4.78, 5) is 21.2. The van der Waals surface area contributed by atoms with E-state index in [1.165, 1.54) is 11.8 Å². The van der Waals surface area contributed by atoms with Crippen LogP contribution in [0.15, 0.2) is 58.5 Å². The molecule has 6 nitrogen and oxygen atoms in total. The minimum atomic E-state index is -1.07. The molecule has 0 aliphatic heterocycles. The molecule has 0 aliphatic carbocycles. The quantitative estimate of drug-likeness (QED) is 0.386. The van der Waals surface area contributed by atoms with Crippen LogP contribution in [0.4, 0.5) is 5.69 Å². The minimum absolute atomic E-state index is 0.0734. The minimum Gasteiger partial charge on any atom is -0.477 e. The van der Waals surface area contributed by atoms with E-state index >= 15 is 0 Å². The van der Waals surface area contributed by atoms with Gasteiger partial charge in [-0.25, -0.2) is 14.8 Å². The second-order valence-corrected chi connectivity index (χ2v) is 7.41. The molecule has 0 fully saturated rings. The van der Waals surface area contributed by atoms with Crippen LogP contribution in [0.5, 0.6) is 0 Å². The molecule has 0 saturated carbocycles. The Balaban J connectivity index is 1.81. The maximum atomic E-state index is 11.4. The van der Waals surface area contributed by atoms with Crippen LogP contribution in [-0.2, 0) is 5.75 Å². The second kappa shape index (κ2) is 6.81. The third-order valence-electron chi connectivity index (χ3n) is 3.77. The third-order valence-corrected chi connectivity index (χ3v) is 5.77. The summed E-state index contributed by atoms with van der Waals surface area (Å²) in [6.07, 6.45) is 3.10. The first-order chi connectivity index (χ1) is 12.6. The summed E-state index contributed by atoms with van der Waals surface area (Å²) in [6, 6.07) is 11.8. The topological polar surface area (TPSA) is 102 Å². The second-order valence-electron chi connectivity index (χ2n) is 5.47. The van der Waals surface area contributed by atoms with Gasteiger partial charge >= 0.3 is 5.97 Å². The zero-order chi connectivity index (χ0) is 18.1. The van der Waals surface area contributed by atoms with E-state index in [2.05, 4.69) is 9.97 Å². The molecule has 4 rings (SSSR count). The number of rotatable bonds is 5. The number of carboxylic acid groups (broad SMARTS) is 1.